The summed E-state index contributed by atoms with van der Waals surface area (Å²) in [6, 6.07) is 0. The van der Waals surface area contributed by atoms with Crippen molar-refractivity contribution >= 4 is 9.84 Å². The Bertz CT molecular complexity index is 307. The molecule has 0 fully saturated rings. The van der Waals surface area contributed by atoms with Gasteiger partial charge in [-0.05, 0) is 26.7 Å². The monoisotopic (exact) mass is 230 g/mol. The molecule has 0 aliphatic rings. The molecule has 0 atom stereocenters. The maximum Gasteiger partial charge on any atom is 0.192 e. The van der Waals surface area contributed by atoms with E-state index >= 15 is 0 Å². The van der Waals surface area contributed by atoms with E-state index in [4.69, 9.17) is 0 Å². The summed E-state index contributed by atoms with van der Waals surface area (Å²) in [5.74, 6) is 0. The fourth-order valence-electron chi connectivity index (χ4n) is 1.50. The fourth-order valence-corrected chi connectivity index (χ4v) is 2.93. The molecule has 0 N–H and O–H groups in total. The molecule has 0 aromatic carbocycles. The third-order valence-corrected chi connectivity index (χ3v) is 3.48. The van der Waals surface area contributed by atoms with Gasteiger partial charge in [-0.15, -0.1) is 0 Å². The maximum absolute atomic E-state index is 11.6. The number of hydrogen-bond donors (Lipinski definition) is 0. The van der Waals surface area contributed by atoms with Crippen LogP contribution in [0.1, 0.15) is 53.4 Å². The molecular weight excluding hydrogens is 208 g/mol. The molecule has 2 nitrogen and oxygen atoms in total. The first kappa shape index (κ1) is 14.4. The topological polar surface area (TPSA) is 34.1 Å². The highest BCUT2D eigenvalue weighted by atomic mass is 32.2. The summed E-state index contributed by atoms with van der Waals surface area (Å²) in [5.41, 5.74) is 1.86. The zero-order valence-corrected chi connectivity index (χ0v) is 11.0. The molecule has 0 bridgehead atoms. The minimum absolute atomic E-state index is 0.847. The van der Waals surface area contributed by atoms with E-state index in [1.165, 1.54) is 10.8 Å². The molecule has 0 saturated heterocycles. The second kappa shape index (κ2) is 6.83. The van der Waals surface area contributed by atoms with Crippen molar-refractivity contribution < 1.29 is 8.42 Å². The van der Waals surface area contributed by atoms with Gasteiger partial charge in [0.1, 0.15) is 0 Å². The van der Waals surface area contributed by atoms with E-state index in [-0.39, 0.29) is 0 Å². The Balaban J connectivity index is 4.70. The molecule has 0 aromatic heterocycles. The van der Waals surface area contributed by atoms with Crippen LogP contribution in [0.15, 0.2) is 22.0 Å². The first-order valence-corrected chi connectivity index (χ1v) is 7.11. The summed E-state index contributed by atoms with van der Waals surface area (Å²) in [7, 11) is -3.15. The van der Waals surface area contributed by atoms with E-state index in [0.717, 1.165) is 36.8 Å². The molecule has 0 unspecified atom stereocenters. The van der Waals surface area contributed by atoms with Crippen LogP contribution in [0.2, 0.25) is 0 Å². The zero-order valence-electron chi connectivity index (χ0n) is 10.2. The van der Waals surface area contributed by atoms with Gasteiger partial charge in [0.25, 0.3) is 0 Å². The van der Waals surface area contributed by atoms with E-state index in [0.29, 0.717) is 0 Å². The van der Waals surface area contributed by atoms with Crippen LogP contribution in [0.4, 0.5) is 0 Å². The Morgan fingerprint density at radius 2 is 1.27 bits per heavy atom. The zero-order chi connectivity index (χ0) is 11.9. The van der Waals surface area contributed by atoms with Crippen molar-refractivity contribution in [2.24, 2.45) is 0 Å². The average Bonchev–Trinajstić information content (AvgIpc) is 2.01. The lowest BCUT2D eigenvalue weighted by molar-refractivity contribution is 0.611. The van der Waals surface area contributed by atoms with Gasteiger partial charge in [0, 0.05) is 10.8 Å². The maximum atomic E-state index is 11.6. The molecule has 0 amide bonds. The molecule has 0 radical (unpaired) electrons. The van der Waals surface area contributed by atoms with Crippen LogP contribution in [-0.2, 0) is 9.84 Å². The largest absolute Gasteiger partial charge is 0.220 e. The number of hydrogen-bond acceptors (Lipinski definition) is 2. The standard InChI is InChI=1S/C12H22O2S/c1-5-7-11(3)9-15(13,14)10-12(4)8-6-2/h9-10H,5-8H2,1-4H3/b11-9+,12-10+. The quantitative estimate of drug-likeness (QED) is 0.695. The highest BCUT2D eigenvalue weighted by Gasteiger charge is 2.03. The minimum Gasteiger partial charge on any atom is -0.220 e. The second-order valence-corrected chi connectivity index (χ2v) is 5.67. The predicted molar refractivity (Wildman–Crippen MR) is 66.2 cm³/mol. The summed E-state index contributed by atoms with van der Waals surface area (Å²) in [4.78, 5) is 0. The summed E-state index contributed by atoms with van der Waals surface area (Å²) >= 11 is 0. The summed E-state index contributed by atoms with van der Waals surface area (Å²) in [5, 5.41) is 2.77. The van der Waals surface area contributed by atoms with Crippen LogP contribution < -0.4 is 0 Å². The second-order valence-electron chi connectivity index (χ2n) is 4.02. The van der Waals surface area contributed by atoms with Crippen molar-refractivity contribution in [1.82, 2.24) is 0 Å². The van der Waals surface area contributed by atoms with Crippen molar-refractivity contribution in [3.63, 3.8) is 0 Å². The van der Waals surface area contributed by atoms with Gasteiger partial charge in [0.15, 0.2) is 9.84 Å². The molecule has 0 saturated carbocycles. The summed E-state index contributed by atoms with van der Waals surface area (Å²) in [6.45, 7) is 7.82. The number of sulfone groups is 1. The summed E-state index contributed by atoms with van der Waals surface area (Å²) in [6.07, 6.45) is 3.66. The SMILES string of the molecule is CCC/C(C)=C/S(=O)(=O)/C=C(\C)CCC. The minimum atomic E-state index is -3.15. The van der Waals surface area contributed by atoms with Crippen LogP contribution >= 0.6 is 0 Å². The molecule has 0 heterocycles. The lowest BCUT2D eigenvalue weighted by Gasteiger charge is -1.99. The van der Waals surface area contributed by atoms with Gasteiger partial charge in [-0.1, -0.05) is 37.8 Å². The Morgan fingerprint density at radius 1 is 0.933 bits per heavy atom. The molecule has 0 aliphatic carbocycles. The van der Waals surface area contributed by atoms with Crippen molar-refractivity contribution in [1.29, 1.82) is 0 Å². The van der Waals surface area contributed by atoms with Gasteiger partial charge < -0.3 is 0 Å². The van der Waals surface area contributed by atoms with Crippen molar-refractivity contribution in [2.45, 2.75) is 53.4 Å². The highest BCUT2D eigenvalue weighted by molar-refractivity contribution is 7.97. The van der Waals surface area contributed by atoms with E-state index in [1.54, 1.807) is 0 Å². The molecule has 0 aromatic rings. The molecule has 88 valence electrons. The number of allylic oxidation sites excluding steroid dienone is 2. The van der Waals surface area contributed by atoms with Crippen LogP contribution in [0.3, 0.4) is 0 Å². The Hall–Kier alpha value is -0.570. The molecule has 0 rings (SSSR count). The van der Waals surface area contributed by atoms with E-state index in [2.05, 4.69) is 0 Å². The molecule has 3 heteroatoms. The lowest BCUT2D eigenvalue weighted by Crippen LogP contribution is -1.93. The smallest absolute Gasteiger partial charge is 0.192 e. The molecular formula is C12H22O2S. The lowest BCUT2D eigenvalue weighted by atomic mass is 10.2. The Kier molecular flexibility index (Phi) is 6.57. The van der Waals surface area contributed by atoms with Gasteiger partial charge in [0.05, 0.1) is 0 Å². The molecule has 0 spiro atoms. The van der Waals surface area contributed by atoms with Crippen LogP contribution in [0.5, 0.6) is 0 Å². The van der Waals surface area contributed by atoms with Gasteiger partial charge in [-0.2, -0.15) is 0 Å². The Labute approximate surface area is 94.0 Å². The van der Waals surface area contributed by atoms with Crippen molar-refractivity contribution in [3.8, 4) is 0 Å². The van der Waals surface area contributed by atoms with Crippen molar-refractivity contribution in [3.05, 3.63) is 22.0 Å². The van der Waals surface area contributed by atoms with E-state index in [1.807, 2.05) is 27.7 Å². The van der Waals surface area contributed by atoms with E-state index < -0.39 is 9.84 Å². The van der Waals surface area contributed by atoms with Crippen molar-refractivity contribution in [2.75, 3.05) is 0 Å². The van der Waals surface area contributed by atoms with Crippen LogP contribution in [-0.4, -0.2) is 8.42 Å². The first-order chi connectivity index (χ1) is 6.91. The van der Waals surface area contributed by atoms with Crippen LogP contribution in [0, 0.1) is 0 Å². The fraction of sp³-hybridized carbons (Fsp3) is 0.667. The third kappa shape index (κ3) is 7.37. The molecule has 15 heavy (non-hydrogen) atoms. The Morgan fingerprint density at radius 3 is 1.53 bits per heavy atom. The third-order valence-electron chi connectivity index (χ3n) is 2.02. The predicted octanol–water partition coefficient (Wildman–Crippen LogP) is 3.81. The average molecular weight is 230 g/mol. The van der Waals surface area contributed by atoms with Gasteiger partial charge in [-0.3, -0.25) is 0 Å². The van der Waals surface area contributed by atoms with Gasteiger partial charge >= 0.3 is 0 Å². The first-order valence-electron chi connectivity index (χ1n) is 5.50. The van der Waals surface area contributed by atoms with Gasteiger partial charge in [-0.25, -0.2) is 8.42 Å². The van der Waals surface area contributed by atoms with Crippen LogP contribution in [0.25, 0.3) is 0 Å². The van der Waals surface area contributed by atoms with Gasteiger partial charge in [0.2, 0.25) is 0 Å². The van der Waals surface area contributed by atoms with E-state index in [9.17, 15) is 8.42 Å². The number of rotatable bonds is 6. The molecule has 0 aliphatic heterocycles. The summed E-state index contributed by atoms with van der Waals surface area (Å²) < 4.78 is 23.3. The normalized spacial score (nSPS) is 14.4. The highest BCUT2D eigenvalue weighted by Crippen LogP contribution is 2.11.